The predicted octanol–water partition coefficient (Wildman–Crippen LogP) is 4.16. The molecule has 1 aliphatic heterocycles. The summed E-state index contributed by atoms with van der Waals surface area (Å²) in [6, 6.07) is 18.2. The fraction of sp³-hybridized carbons (Fsp3) is 0.0870. The molecule has 4 rings (SSSR count). The number of pyridine rings is 1. The van der Waals surface area contributed by atoms with Crippen LogP contribution in [0.4, 0.5) is 10.2 Å². The average molecular weight is 388 g/mol. The number of hydrogen-bond acceptors (Lipinski definition) is 4. The summed E-state index contributed by atoms with van der Waals surface area (Å²) in [6.07, 6.45) is 0. The maximum absolute atomic E-state index is 13.5. The lowest BCUT2D eigenvalue weighted by atomic mass is 9.95. The van der Waals surface area contributed by atoms with Gasteiger partial charge in [-0.1, -0.05) is 48.5 Å². The van der Waals surface area contributed by atoms with Crippen molar-refractivity contribution in [1.82, 2.24) is 4.98 Å². The molecule has 0 spiro atoms. The number of benzene rings is 2. The second-order valence-electron chi connectivity index (χ2n) is 6.72. The van der Waals surface area contributed by atoms with Crippen LogP contribution in [-0.4, -0.2) is 21.8 Å². The number of aliphatic hydroxyl groups excluding tert-OH is 1. The molecule has 29 heavy (non-hydrogen) atoms. The molecule has 6 heteroatoms. The lowest BCUT2D eigenvalue weighted by Gasteiger charge is -2.24. The molecule has 1 atom stereocenters. The topological polar surface area (TPSA) is 70.5 Å². The third-order valence-electron chi connectivity index (χ3n) is 4.80. The standard InChI is InChI=1S/C23H17FN2O3/c1-14-6-5-9-18(25-14)26-20(15-10-12-17(24)13-11-15)19(22(28)23(26)29)21(27)16-7-3-2-4-8-16/h2-13,20,27H,1H3/t20-/m1/s1. The van der Waals surface area contributed by atoms with Crippen molar-refractivity contribution in [3.05, 3.63) is 101 Å². The van der Waals surface area contributed by atoms with Crippen LogP contribution in [0.5, 0.6) is 0 Å². The zero-order valence-electron chi connectivity index (χ0n) is 15.5. The number of aliphatic hydroxyl groups is 1. The molecule has 3 aromatic rings. The second kappa shape index (κ2) is 7.31. The van der Waals surface area contributed by atoms with E-state index >= 15 is 0 Å². The van der Waals surface area contributed by atoms with Crippen LogP contribution in [-0.2, 0) is 9.59 Å². The quantitative estimate of drug-likeness (QED) is 0.416. The average Bonchev–Trinajstić information content (AvgIpc) is 2.99. The largest absolute Gasteiger partial charge is 0.507 e. The molecule has 5 nitrogen and oxygen atoms in total. The van der Waals surface area contributed by atoms with Gasteiger partial charge in [-0.3, -0.25) is 14.5 Å². The summed E-state index contributed by atoms with van der Waals surface area (Å²) in [4.78, 5) is 31.5. The van der Waals surface area contributed by atoms with Crippen LogP contribution in [0.25, 0.3) is 5.76 Å². The number of Topliss-reactive ketones (excluding diaryl/α,β-unsaturated/α-hetero) is 1. The van der Waals surface area contributed by atoms with Crippen molar-refractivity contribution in [1.29, 1.82) is 0 Å². The highest BCUT2D eigenvalue weighted by Gasteiger charge is 2.47. The highest BCUT2D eigenvalue weighted by Crippen LogP contribution is 2.41. The number of nitrogens with zero attached hydrogens (tertiary/aromatic N) is 2. The van der Waals surface area contributed by atoms with Crippen molar-refractivity contribution in [2.45, 2.75) is 13.0 Å². The molecular weight excluding hydrogens is 371 g/mol. The highest BCUT2D eigenvalue weighted by atomic mass is 19.1. The second-order valence-corrected chi connectivity index (χ2v) is 6.72. The Kier molecular flexibility index (Phi) is 4.68. The number of anilines is 1. The Bertz CT molecular complexity index is 1120. The first-order valence-corrected chi connectivity index (χ1v) is 9.03. The minimum atomic E-state index is -0.926. The summed E-state index contributed by atoms with van der Waals surface area (Å²) < 4.78 is 13.5. The zero-order valence-corrected chi connectivity index (χ0v) is 15.5. The van der Waals surface area contributed by atoms with Crippen molar-refractivity contribution in [3.63, 3.8) is 0 Å². The lowest BCUT2D eigenvalue weighted by Crippen LogP contribution is -2.30. The van der Waals surface area contributed by atoms with Crippen molar-refractivity contribution in [2.24, 2.45) is 0 Å². The number of amides is 1. The van der Waals surface area contributed by atoms with Crippen LogP contribution in [0, 0.1) is 12.7 Å². The minimum absolute atomic E-state index is 0.0592. The molecule has 1 fully saturated rings. The monoisotopic (exact) mass is 388 g/mol. The van der Waals surface area contributed by atoms with Gasteiger partial charge in [-0.15, -0.1) is 0 Å². The lowest BCUT2D eigenvalue weighted by molar-refractivity contribution is -0.132. The first kappa shape index (κ1) is 18.6. The summed E-state index contributed by atoms with van der Waals surface area (Å²) in [7, 11) is 0. The van der Waals surface area contributed by atoms with E-state index < -0.39 is 23.5 Å². The molecule has 0 saturated carbocycles. The number of halogens is 1. The van der Waals surface area contributed by atoms with Gasteiger partial charge in [0.15, 0.2) is 0 Å². The number of aromatic nitrogens is 1. The highest BCUT2D eigenvalue weighted by molar-refractivity contribution is 6.51. The Morgan fingerprint density at radius 1 is 0.966 bits per heavy atom. The number of ketones is 1. The molecule has 2 aromatic carbocycles. The van der Waals surface area contributed by atoms with Crippen LogP contribution in [0.2, 0.25) is 0 Å². The number of carbonyl (C=O) groups excluding carboxylic acids is 2. The summed E-state index contributed by atoms with van der Waals surface area (Å²) in [5.41, 5.74) is 1.52. The maximum Gasteiger partial charge on any atom is 0.301 e. The normalized spacial score (nSPS) is 18.3. The molecule has 1 N–H and O–H groups in total. The van der Waals surface area contributed by atoms with Gasteiger partial charge in [-0.25, -0.2) is 9.37 Å². The molecule has 1 saturated heterocycles. The summed E-state index contributed by atoms with van der Waals surface area (Å²) in [6.45, 7) is 1.77. The molecule has 1 amide bonds. The number of hydrogen-bond donors (Lipinski definition) is 1. The molecule has 1 aromatic heterocycles. The Hall–Kier alpha value is -3.80. The van der Waals surface area contributed by atoms with Crippen LogP contribution >= 0.6 is 0 Å². The number of carbonyl (C=O) groups is 2. The fourth-order valence-electron chi connectivity index (χ4n) is 3.44. The van der Waals surface area contributed by atoms with E-state index in [0.29, 0.717) is 16.8 Å². The molecule has 0 unspecified atom stereocenters. The van der Waals surface area contributed by atoms with E-state index in [1.807, 2.05) is 0 Å². The van der Waals surface area contributed by atoms with Crippen molar-refractivity contribution < 1.29 is 19.1 Å². The van der Waals surface area contributed by atoms with E-state index in [2.05, 4.69) is 4.98 Å². The SMILES string of the molecule is Cc1cccc(N2C(=O)C(=O)C(=C(O)c3ccccc3)[C@H]2c2ccc(F)cc2)n1. The van der Waals surface area contributed by atoms with E-state index in [1.54, 1.807) is 55.5 Å². The van der Waals surface area contributed by atoms with E-state index in [1.165, 1.54) is 29.2 Å². The first-order valence-electron chi connectivity index (χ1n) is 9.03. The van der Waals surface area contributed by atoms with Gasteiger partial charge in [0.1, 0.15) is 17.4 Å². The zero-order chi connectivity index (χ0) is 20.5. The van der Waals surface area contributed by atoms with Gasteiger partial charge in [0, 0.05) is 11.3 Å². The van der Waals surface area contributed by atoms with Crippen LogP contribution in [0.1, 0.15) is 22.9 Å². The Morgan fingerprint density at radius 3 is 2.31 bits per heavy atom. The summed E-state index contributed by atoms with van der Waals surface area (Å²) in [5, 5.41) is 10.9. The van der Waals surface area contributed by atoms with Gasteiger partial charge in [0.2, 0.25) is 0 Å². The molecule has 0 radical (unpaired) electrons. The van der Waals surface area contributed by atoms with Gasteiger partial charge < -0.3 is 5.11 Å². The van der Waals surface area contributed by atoms with Crippen LogP contribution < -0.4 is 4.90 Å². The molecular formula is C23H17FN2O3. The summed E-state index contributed by atoms with van der Waals surface area (Å²) >= 11 is 0. The van der Waals surface area contributed by atoms with E-state index in [0.717, 1.165) is 0 Å². The smallest absolute Gasteiger partial charge is 0.301 e. The fourth-order valence-corrected chi connectivity index (χ4v) is 3.44. The Balaban J connectivity index is 1.96. The number of rotatable bonds is 3. The molecule has 144 valence electrons. The molecule has 0 bridgehead atoms. The van der Waals surface area contributed by atoms with Crippen molar-refractivity contribution in [2.75, 3.05) is 4.90 Å². The third-order valence-corrected chi connectivity index (χ3v) is 4.80. The maximum atomic E-state index is 13.5. The van der Waals surface area contributed by atoms with Gasteiger partial charge in [0.05, 0.1) is 11.6 Å². The van der Waals surface area contributed by atoms with Gasteiger partial charge in [0.25, 0.3) is 5.78 Å². The van der Waals surface area contributed by atoms with Gasteiger partial charge in [-0.2, -0.15) is 0 Å². The van der Waals surface area contributed by atoms with Gasteiger partial charge in [-0.05, 0) is 36.8 Å². The minimum Gasteiger partial charge on any atom is -0.507 e. The van der Waals surface area contributed by atoms with Crippen LogP contribution in [0.3, 0.4) is 0 Å². The van der Waals surface area contributed by atoms with Crippen molar-refractivity contribution in [3.8, 4) is 0 Å². The van der Waals surface area contributed by atoms with E-state index in [4.69, 9.17) is 0 Å². The molecule has 1 aliphatic rings. The first-order chi connectivity index (χ1) is 14.0. The van der Waals surface area contributed by atoms with Crippen molar-refractivity contribution >= 4 is 23.3 Å². The van der Waals surface area contributed by atoms with E-state index in [9.17, 15) is 19.1 Å². The third kappa shape index (κ3) is 3.29. The van der Waals surface area contributed by atoms with Gasteiger partial charge >= 0.3 is 5.91 Å². The summed E-state index contributed by atoms with van der Waals surface area (Å²) in [5.74, 6) is -2.05. The number of aryl methyl sites for hydroxylation is 1. The molecule has 0 aliphatic carbocycles. The predicted molar refractivity (Wildman–Crippen MR) is 107 cm³/mol. The Morgan fingerprint density at radius 2 is 1.66 bits per heavy atom. The van der Waals surface area contributed by atoms with E-state index in [-0.39, 0.29) is 17.2 Å². The molecule has 2 heterocycles. The Labute approximate surface area is 166 Å². The van der Waals surface area contributed by atoms with Crippen LogP contribution in [0.15, 0.2) is 78.4 Å².